The molecule has 0 atom stereocenters. The van der Waals surface area contributed by atoms with E-state index in [1.165, 1.54) is 165 Å². The smallest absolute Gasteiger partial charge is 0.0576 e. The Balaban J connectivity index is -0.000000593. The number of nitrogens with zero attached hydrogens (tertiary/aromatic N) is 3. The third-order valence-electron chi connectivity index (χ3n) is 10.5. The van der Waals surface area contributed by atoms with Gasteiger partial charge in [-0.05, 0) is 94.6 Å². The van der Waals surface area contributed by atoms with E-state index in [2.05, 4.69) is 123 Å². The van der Waals surface area contributed by atoms with Crippen LogP contribution in [-0.4, -0.2) is 42.8 Å². The van der Waals surface area contributed by atoms with Gasteiger partial charge in [-0.15, -0.1) is 0 Å². The number of aromatic nitrogens is 1. The van der Waals surface area contributed by atoms with Gasteiger partial charge in [-0.25, -0.2) is 0 Å². The van der Waals surface area contributed by atoms with Crippen LogP contribution in [-0.2, 0) is 0 Å². The fourth-order valence-electron chi connectivity index (χ4n) is 6.21. The molecule has 7 rings (SSSR count). The van der Waals surface area contributed by atoms with Crippen molar-refractivity contribution in [2.75, 3.05) is 26.7 Å². The average Bonchev–Trinajstić information content (AvgIpc) is 4.02. The van der Waals surface area contributed by atoms with Crippen LogP contribution in [0, 0.1) is 37.5 Å². The fraction of sp³-hybridized carbons (Fsp3) is 0.750. The Morgan fingerprint density at radius 2 is 0.983 bits per heavy atom. The Hall–Kier alpha value is -2.26. The average molecular weight is 820 g/mol. The van der Waals surface area contributed by atoms with Gasteiger partial charge in [-0.3, -0.25) is 9.98 Å². The highest BCUT2D eigenvalue weighted by molar-refractivity contribution is 5.79. The molecule has 0 unspecified atom stereocenters. The molecule has 2 aromatic rings. The maximum Gasteiger partial charge on any atom is 0.0576 e. The van der Waals surface area contributed by atoms with E-state index in [0.717, 1.165) is 30.2 Å². The van der Waals surface area contributed by atoms with Gasteiger partial charge in [0.15, 0.2) is 0 Å². The number of unbranched alkanes of at least 4 members (excludes halogenated alkanes) is 5. The van der Waals surface area contributed by atoms with Crippen LogP contribution in [0.5, 0.6) is 0 Å². The molecular weight excluding hydrogens is 715 g/mol. The number of hydrogen-bond donors (Lipinski definition) is 0. The van der Waals surface area contributed by atoms with Gasteiger partial charge in [0.1, 0.15) is 0 Å². The fourth-order valence-corrected chi connectivity index (χ4v) is 6.21. The van der Waals surface area contributed by atoms with Crippen molar-refractivity contribution in [1.82, 2.24) is 9.88 Å². The van der Waals surface area contributed by atoms with Gasteiger partial charge < -0.3 is 4.90 Å². The first-order valence-electron chi connectivity index (χ1n) is 25.1. The van der Waals surface area contributed by atoms with Crippen LogP contribution in [0.2, 0.25) is 0 Å². The van der Waals surface area contributed by atoms with Crippen molar-refractivity contribution in [2.24, 2.45) is 28.7 Å². The Morgan fingerprint density at radius 3 is 1.14 bits per heavy atom. The molecule has 1 aromatic carbocycles. The molecule has 0 radical (unpaired) electrons. The summed E-state index contributed by atoms with van der Waals surface area (Å²) < 4.78 is 0. The summed E-state index contributed by atoms with van der Waals surface area (Å²) in [5.74, 6) is 3.98. The maximum atomic E-state index is 3.95. The highest BCUT2D eigenvalue weighted by Gasteiger charge is 2.09. The molecule has 3 saturated carbocycles. The van der Waals surface area contributed by atoms with E-state index in [1.807, 2.05) is 49.7 Å². The minimum absolute atomic E-state index is 0.833. The van der Waals surface area contributed by atoms with Crippen molar-refractivity contribution < 1.29 is 0 Å². The largest absolute Gasteiger partial charge is 0.306 e. The van der Waals surface area contributed by atoms with Crippen molar-refractivity contribution in [3.05, 3.63) is 77.6 Å². The van der Waals surface area contributed by atoms with E-state index in [0.29, 0.717) is 0 Å². The Morgan fingerprint density at radius 1 is 0.559 bits per heavy atom. The summed E-state index contributed by atoms with van der Waals surface area (Å²) in [6, 6.07) is 14.2. The first-order valence-corrected chi connectivity index (χ1v) is 25.1. The summed E-state index contributed by atoms with van der Waals surface area (Å²) in [7, 11) is 2.17. The molecule has 4 fully saturated rings. The summed E-state index contributed by atoms with van der Waals surface area (Å²) in [4.78, 5) is 10.2. The van der Waals surface area contributed by atoms with Crippen LogP contribution < -0.4 is 0 Å². The topological polar surface area (TPSA) is 28.5 Å². The lowest BCUT2D eigenvalue weighted by atomic mass is 9.88. The zero-order chi connectivity index (χ0) is 44.8. The minimum atomic E-state index is 0.833. The normalized spacial score (nSPS) is 16.6. The maximum absolute atomic E-state index is 3.95. The summed E-state index contributed by atoms with van der Waals surface area (Å²) in [6.07, 6.45) is 37.9. The van der Waals surface area contributed by atoms with Crippen molar-refractivity contribution >= 4 is 6.21 Å². The molecule has 3 aliphatic carbocycles. The molecule has 59 heavy (non-hydrogen) atoms. The molecule has 0 amide bonds. The predicted molar refractivity (Wildman–Crippen MR) is 272 cm³/mol. The van der Waals surface area contributed by atoms with Gasteiger partial charge in [0.05, 0.1) is 6.54 Å². The SMILES string of the molecule is CC(C)C.CC1=CCN=C1.CC1CCC1.CC1CCCC1.CC1CCCCC1.CCCCC.CCCCCC.CN1CCCC1.Cc1ccccc1.Cc1cccnc1. The van der Waals surface area contributed by atoms with Crippen LogP contribution in [0.1, 0.15) is 222 Å². The van der Waals surface area contributed by atoms with Crippen molar-refractivity contribution in [2.45, 2.75) is 225 Å². The molecule has 1 aromatic heterocycles. The second kappa shape index (κ2) is 48.4. The zero-order valence-corrected chi connectivity index (χ0v) is 42.5. The molecule has 0 N–H and O–H groups in total. The van der Waals surface area contributed by atoms with Gasteiger partial charge >= 0.3 is 0 Å². The van der Waals surface area contributed by atoms with Crippen LogP contribution in [0.4, 0.5) is 0 Å². The Labute approximate surface area is 372 Å². The zero-order valence-electron chi connectivity index (χ0n) is 42.5. The molecule has 0 bridgehead atoms. The van der Waals surface area contributed by atoms with Crippen LogP contribution in [0.15, 0.2) is 71.5 Å². The van der Waals surface area contributed by atoms with Crippen LogP contribution in [0.25, 0.3) is 0 Å². The van der Waals surface area contributed by atoms with E-state index >= 15 is 0 Å². The molecule has 3 nitrogen and oxygen atoms in total. The first kappa shape index (κ1) is 61.0. The number of aryl methyl sites for hydroxylation is 2. The summed E-state index contributed by atoms with van der Waals surface area (Å²) in [6.45, 7) is 32.1. The summed E-state index contributed by atoms with van der Waals surface area (Å²) in [5, 5.41) is 0. The number of hydrogen-bond acceptors (Lipinski definition) is 3. The second-order valence-corrected chi connectivity index (χ2v) is 18.6. The van der Waals surface area contributed by atoms with Gasteiger partial charge in [-0.2, -0.15) is 0 Å². The number of aliphatic imine (C=N–C) groups is 1. The van der Waals surface area contributed by atoms with Gasteiger partial charge in [0.25, 0.3) is 0 Å². The number of benzene rings is 1. The number of rotatable bonds is 5. The molecular formula is C56H105N3. The van der Waals surface area contributed by atoms with E-state index in [9.17, 15) is 0 Å². The number of pyridine rings is 1. The number of allylic oxidation sites excluding steroid dienone is 1. The van der Waals surface area contributed by atoms with Gasteiger partial charge in [0.2, 0.25) is 0 Å². The van der Waals surface area contributed by atoms with Crippen molar-refractivity contribution in [3.8, 4) is 0 Å². The van der Waals surface area contributed by atoms with Crippen molar-refractivity contribution in [1.29, 1.82) is 0 Å². The molecule has 3 heteroatoms. The molecule has 0 spiro atoms. The molecule has 2 aliphatic heterocycles. The second-order valence-electron chi connectivity index (χ2n) is 18.6. The van der Waals surface area contributed by atoms with Crippen molar-refractivity contribution in [3.63, 3.8) is 0 Å². The van der Waals surface area contributed by atoms with Gasteiger partial charge in [0, 0.05) is 18.6 Å². The molecule has 5 aliphatic rings. The molecule has 3 heterocycles. The summed E-state index contributed by atoms with van der Waals surface area (Å²) in [5.41, 5.74) is 3.82. The standard InChI is InChI=1S/C7H14.C7H8.C6H7N.C6H12.C6H14.C5H7N.C5H11N.C5H10.C5H12.C4H10/c2*1-7-5-3-2-4-6-7;1-6-3-2-4-7-5-6;1-6-4-2-3-5-6;1-3-5-6-4-2;1-5-2-3-6-4-5;1-6-4-2-3-5-6;1-5-3-2-4-5;1-3-5-4-2;1-4(2)3/h7H,2-6H2,1H3;2-6H,1H3;2-5H,1H3;6H,2-5H2,1H3;3-6H2,1-2H3;2,4H,3H2,1H3;2-5H2,1H3;5H,2-4H2,1H3;3-5H2,1-2H3;4H,1-3H3. The van der Waals surface area contributed by atoms with E-state index in [1.54, 1.807) is 6.20 Å². The first-order chi connectivity index (χ1) is 28.3. The third kappa shape index (κ3) is 55.7. The van der Waals surface area contributed by atoms with Crippen LogP contribution in [0.3, 0.4) is 0 Å². The predicted octanol–water partition coefficient (Wildman–Crippen LogP) is 18.1. The van der Waals surface area contributed by atoms with E-state index < -0.39 is 0 Å². The van der Waals surface area contributed by atoms with Crippen LogP contribution >= 0.6 is 0 Å². The third-order valence-corrected chi connectivity index (χ3v) is 10.5. The monoisotopic (exact) mass is 820 g/mol. The quantitative estimate of drug-likeness (QED) is 0.281. The molecule has 344 valence electrons. The van der Waals surface area contributed by atoms with Gasteiger partial charge in [-0.1, -0.05) is 239 Å². The highest BCUT2D eigenvalue weighted by atomic mass is 15.1. The summed E-state index contributed by atoms with van der Waals surface area (Å²) >= 11 is 0. The lowest BCUT2D eigenvalue weighted by Gasteiger charge is -2.18. The molecule has 1 saturated heterocycles. The number of likely N-dealkylation sites (tertiary alicyclic amines) is 1. The minimum Gasteiger partial charge on any atom is -0.306 e. The lowest BCUT2D eigenvalue weighted by molar-refractivity contribution is 0.346. The lowest BCUT2D eigenvalue weighted by Crippen LogP contribution is -2.10. The van der Waals surface area contributed by atoms with E-state index in [4.69, 9.17) is 0 Å². The van der Waals surface area contributed by atoms with E-state index in [-0.39, 0.29) is 0 Å². The highest BCUT2D eigenvalue weighted by Crippen LogP contribution is 2.24. The Kier molecular flexibility index (Phi) is 50.1. The Bertz CT molecular complexity index is 1020.